The Morgan fingerprint density at radius 2 is 2.00 bits per heavy atom. The fourth-order valence-corrected chi connectivity index (χ4v) is 2.83. The van der Waals surface area contributed by atoms with Crippen molar-refractivity contribution in [2.45, 2.75) is 19.4 Å². The van der Waals surface area contributed by atoms with Crippen LogP contribution in [0.25, 0.3) is 0 Å². The van der Waals surface area contributed by atoms with Crippen LogP contribution in [0.5, 0.6) is 0 Å². The summed E-state index contributed by atoms with van der Waals surface area (Å²) in [7, 11) is -3.33. The molecule has 19 heavy (non-hydrogen) atoms. The van der Waals surface area contributed by atoms with Gasteiger partial charge in [-0.1, -0.05) is 0 Å². The highest BCUT2D eigenvalue weighted by atomic mass is 32.2. The van der Waals surface area contributed by atoms with Crippen LogP contribution in [0.15, 0.2) is 24.3 Å². The Morgan fingerprint density at radius 3 is 2.58 bits per heavy atom. The van der Waals surface area contributed by atoms with Crippen LogP contribution < -0.4 is 9.62 Å². The van der Waals surface area contributed by atoms with Gasteiger partial charge in [0.15, 0.2) is 0 Å². The Labute approximate surface area is 111 Å². The van der Waals surface area contributed by atoms with Crippen LogP contribution in [0.3, 0.4) is 0 Å². The molecule has 2 rings (SSSR count). The topological polar surface area (TPSA) is 66.5 Å². The molecule has 1 fully saturated rings. The molecule has 0 spiro atoms. The van der Waals surface area contributed by atoms with Crippen LogP contribution >= 0.6 is 0 Å². The van der Waals surface area contributed by atoms with Crippen LogP contribution in [-0.2, 0) is 14.8 Å². The van der Waals surface area contributed by atoms with Gasteiger partial charge >= 0.3 is 0 Å². The van der Waals surface area contributed by atoms with Crippen molar-refractivity contribution in [1.82, 2.24) is 4.72 Å². The van der Waals surface area contributed by atoms with E-state index in [4.69, 9.17) is 0 Å². The first-order valence-corrected chi connectivity index (χ1v) is 7.62. The van der Waals surface area contributed by atoms with E-state index >= 15 is 0 Å². The average Bonchev–Trinajstić information content (AvgIpc) is 2.70. The summed E-state index contributed by atoms with van der Waals surface area (Å²) >= 11 is 0. The highest BCUT2D eigenvalue weighted by Gasteiger charge is 2.32. The Balaban J connectivity index is 2.10. The van der Waals surface area contributed by atoms with Gasteiger partial charge in [0.25, 0.3) is 0 Å². The van der Waals surface area contributed by atoms with E-state index in [1.165, 1.54) is 36.1 Å². The zero-order valence-electron chi connectivity index (χ0n) is 10.5. The number of anilines is 1. The maximum atomic E-state index is 12.8. The van der Waals surface area contributed by atoms with Crippen LogP contribution in [0, 0.1) is 5.82 Å². The van der Waals surface area contributed by atoms with Gasteiger partial charge in [-0.2, -0.15) is 0 Å². The van der Waals surface area contributed by atoms with Crippen molar-refractivity contribution in [2.24, 2.45) is 0 Å². The summed E-state index contributed by atoms with van der Waals surface area (Å²) < 4.78 is 38.2. The number of hydrogen-bond donors (Lipinski definition) is 1. The van der Waals surface area contributed by atoms with E-state index in [-0.39, 0.29) is 30.4 Å². The predicted octanol–water partition coefficient (Wildman–Crippen LogP) is 0.870. The van der Waals surface area contributed by atoms with Gasteiger partial charge in [-0.3, -0.25) is 4.79 Å². The predicted molar refractivity (Wildman–Crippen MR) is 69.8 cm³/mol. The molecule has 1 amide bonds. The number of carbonyl (C=O) groups is 1. The van der Waals surface area contributed by atoms with Gasteiger partial charge in [-0.25, -0.2) is 17.5 Å². The molecular formula is C12H15FN2O3S. The number of rotatable bonds is 4. The fourth-order valence-electron chi connectivity index (χ4n) is 1.99. The fraction of sp³-hybridized carbons (Fsp3) is 0.417. The Hall–Kier alpha value is -1.47. The van der Waals surface area contributed by atoms with Crippen molar-refractivity contribution in [3.8, 4) is 0 Å². The lowest BCUT2D eigenvalue weighted by atomic mass is 10.3. The summed E-state index contributed by atoms with van der Waals surface area (Å²) in [5.74, 6) is -0.567. The molecule has 104 valence electrons. The maximum absolute atomic E-state index is 12.8. The van der Waals surface area contributed by atoms with E-state index in [2.05, 4.69) is 4.72 Å². The molecule has 1 N–H and O–H groups in total. The SMILES string of the molecule is CCS(=O)(=O)NC1CC(=O)N(c2ccc(F)cc2)C1. The van der Waals surface area contributed by atoms with Crippen molar-refractivity contribution >= 4 is 21.6 Å². The molecule has 0 radical (unpaired) electrons. The molecule has 1 atom stereocenters. The third-order valence-electron chi connectivity index (χ3n) is 2.99. The van der Waals surface area contributed by atoms with Gasteiger partial charge in [-0.15, -0.1) is 0 Å². The van der Waals surface area contributed by atoms with Gasteiger partial charge in [0.2, 0.25) is 15.9 Å². The van der Waals surface area contributed by atoms with Crippen molar-refractivity contribution in [1.29, 1.82) is 0 Å². The quantitative estimate of drug-likeness (QED) is 0.893. The highest BCUT2D eigenvalue weighted by Crippen LogP contribution is 2.22. The van der Waals surface area contributed by atoms with Crippen molar-refractivity contribution in [2.75, 3.05) is 17.2 Å². The molecular weight excluding hydrogens is 271 g/mol. The number of carbonyl (C=O) groups excluding carboxylic acids is 1. The van der Waals surface area contributed by atoms with Gasteiger partial charge in [0.1, 0.15) is 5.82 Å². The zero-order valence-corrected chi connectivity index (χ0v) is 11.3. The number of nitrogens with one attached hydrogen (secondary N) is 1. The monoisotopic (exact) mass is 286 g/mol. The van der Waals surface area contributed by atoms with E-state index < -0.39 is 16.1 Å². The van der Waals surface area contributed by atoms with Crippen molar-refractivity contribution in [3.05, 3.63) is 30.1 Å². The number of benzene rings is 1. The molecule has 1 aromatic rings. The summed E-state index contributed by atoms with van der Waals surface area (Å²) in [5.41, 5.74) is 0.574. The van der Waals surface area contributed by atoms with E-state index in [1.807, 2.05) is 0 Å². The van der Waals surface area contributed by atoms with E-state index in [0.717, 1.165) is 0 Å². The van der Waals surface area contributed by atoms with Gasteiger partial charge in [-0.05, 0) is 31.2 Å². The molecule has 0 bridgehead atoms. The van der Waals surface area contributed by atoms with E-state index in [1.54, 1.807) is 0 Å². The number of nitrogens with zero attached hydrogens (tertiary/aromatic N) is 1. The second-order valence-corrected chi connectivity index (χ2v) is 6.45. The molecule has 0 saturated carbocycles. The lowest BCUT2D eigenvalue weighted by Gasteiger charge is -2.17. The Bertz CT molecular complexity index is 571. The van der Waals surface area contributed by atoms with Gasteiger partial charge < -0.3 is 4.90 Å². The van der Waals surface area contributed by atoms with Crippen LogP contribution in [0.1, 0.15) is 13.3 Å². The number of amides is 1. The summed E-state index contributed by atoms with van der Waals surface area (Å²) in [6.07, 6.45) is 0.122. The first-order valence-electron chi connectivity index (χ1n) is 5.97. The van der Waals surface area contributed by atoms with Gasteiger partial charge in [0.05, 0.1) is 5.75 Å². The summed E-state index contributed by atoms with van der Waals surface area (Å²) in [6.45, 7) is 1.81. The minimum Gasteiger partial charge on any atom is -0.311 e. The molecule has 0 aliphatic carbocycles. The highest BCUT2D eigenvalue weighted by molar-refractivity contribution is 7.89. The smallest absolute Gasteiger partial charge is 0.228 e. The van der Waals surface area contributed by atoms with Crippen molar-refractivity contribution < 1.29 is 17.6 Å². The molecule has 5 nitrogen and oxygen atoms in total. The molecule has 7 heteroatoms. The number of hydrogen-bond acceptors (Lipinski definition) is 3. The third kappa shape index (κ3) is 3.30. The average molecular weight is 286 g/mol. The van der Waals surface area contributed by atoms with Gasteiger partial charge in [0, 0.05) is 24.7 Å². The molecule has 1 heterocycles. The summed E-state index contributed by atoms with van der Waals surface area (Å²) in [5, 5.41) is 0. The Morgan fingerprint density at radius 1 is 1.37 bits per heavy atom. The molecule has 1 unspecified atom stereocenters. The van der Waals surface area contributed by atoms with E-state index in [0.29, 0.717) is 5.69 Å². The third-order valence-corrected chi connectivity index (χ3v) is 4.44. The van der Waals surface area contributed by atoms with Crippen LogP contribution in [-0.4, -0.2) is 32.7 Å². The largest absolute Gasteiger partial charge is 0.311 e. The van der Waals surface area contributed by atoms with Crippen LogP contribution in [0.2, 0.25) is 0 Å². The molecule has 1 saturated heterocycles. The van der Waals surface area contributed by atoms with Crippen molar-refractivity contribution in [3.63, 3.8) is 0 Å². The minimum atomic E-state index is -3.33. The normalized spacial score (nSPS) is 20.0. The Kier molecular flexibility index (Phi) is 3.86. The number of halogens is 1. The maximum Gasteiger partial charge on any atom is 0.228 e. The molecule has 0 aromatic heterocycles. The lowest BCUT2D eigenvalue weighted by molar-refractivity contribution is -0.117. The molecule has 1 aromatic carbocycles. The zero-order chi connectivity index (χ0) is 14.0. The second-order valence-electron chi connectivity index (χ2n) is 4.40. The molecule has 1 aliphatic rings. The first-order chi connectivity index (χ1) is 8.91. The standard InChI is InChI=1S/C12H15FN2O3S/c1-2-19(17,18)14-10-7-12(16)15(8-10)11-5-3-9(13)4-6-11/h3-6,10,14H,2,7-8H2,1H3. The first kappa shape index (κ1) is 14.0. The summed E-state index contributed by atoms with van der Waals surface area (Å²) in [6, 6.07) is 5.12. The van der Waals surface area contributed by atoms with E-state index in [9.17, 15) is 17.6 Å². The number of sulfonamides is 1. The molecule has 1 aliphatic heterocycles. The minimum absolute atomic E-state index is 0.0196. The lowest BCUT2D eigenvalue weighted by Crippen LogP contribution is -2.37. The van der Waals surface area contributed by atoms with Crippen LogP contribution in [0.4, 0.5) is 10.1 Å². The summed E-state index contributed by atoms with van der Waals surface area (Å²) in [4.78, 5) is 13.3. The second kappa shape index (κ2) is 5.26.